The van der Waals surface area contributed by atoms with Gasteiger partial charge in [-0.1, -0.05) is 6.92 Å². The van der Waals surface area contributed by atoms with Crippen LogP contribution in [0, 0.1) is 5.41 Å². The van der Waals surface area contributed by atoms with Gasteiger partial charge in [-0.25, -0.2) is 0 Å². The van der Waals surface area contributed by atoms with Crippen LogP contribution in [0.15, 0.2) is 0 Å². The lowest BCUT2D eigenvalue weighted by Crippen LogP contribution is -2.45. The summed E-state index contributed by atoms with van der Waals surface area (Å²) in [4.78, 5) is 12.5. The molecule has 0 radical (unpaired) electrons. The van der Waals surface area contributed by atoms with Crippen molar-refractivity contribution < 1.29 is 14.6 Å². The summed E-state index contributed by atoms with van der Waals surface area (Å²) in [6.07, 6.45) is 0. The Kier molecular flexibility index (Phi) is 1.63. The second-order valence-electron chi connectivity index (χ2n) is 4.09. The molecule has 2 atom stereocenters. The first-order valence-electron chi connectivity index (χ1n) is 4.15. The molecular weight excluding hydrogens is 158 g/mol. The quantitative estimate of drug-likeness (QED) is 0.597. The summed E-state index contributed by atoms with van der Waals surface area (Å²) < 4.78 is 5.09. The number of aliphatic carboxylic acids is 1. The van der Waals surface area contributed by atoms with E-state index in [1.165, 1.54) is 0 Å². The zero-order chi connectivity index (χ0) is 8.77. The maximum absolute atomic E-state index is 10.5. The fourth-order valence-corrected chi connectivity index (χ4v) is 1.62. The van der Waals surface area contributed by atoms with E-state index in [0.29, 0.717) is 6.54 Å². The van der Waals surface area contributed by atoms with Crippen molar-refractivity contribution in [3.63, 3.8) is 0 Å². The highest BCUT2D eigenvalue weighted by atomic mass is 16.5. The van der Waals surface area contributed by atoms with Gasteiger partial charge in [0.2, 0.25) is 0 Å². The number of carboxylic acid groups (broad SMARTS) is 1. The van der Waals surface area contributed by atoms with Crippen molar-refractivity contribution in [1.82, 2.24) is 4.90 Å². The minimum absolute atomic E-state index is 0.213. The Morgan fingerprint density at radius 1 is 1.75 bits per heavy atom. The lowest BCUT2D eigenvalue weighted by molar-refractivity contribution is -0.138. The van der Waals surface area contributed by atoms with Crippen molar-refractivity contribution in [3.05, 3.63) is 0 Å². The van der Waals surface area contributed by atoms with Crippen LogP contribution in [0.1, 0.15) is 6.92 Å². The first-order valence-corrected chi connectivity index (χ1v) is 4.15. The van der Waals surface area contributed by atoms with Gasteiger partial charge in [0.25, 0.3) is 0 Å². The number of hydrogen-bond acceptors (Lipinski definition) is 3. The van der Waals surface area contributed by atoms with E-state index in [-0.39, 0.29) is 11.5 Å². The topological polar surface area (TPSA) is 49.5 Å². The summed E-state index contributed by atoms with van der Waals surface area (Å²) in [5, 5.41) is 8.64. The smallest absolute Gasteiger partial charge is 0.322 e. The Bertz CT molecular complexity index is 212. The fourth-order valence-electron chi connectivity index (χ4n) is 1.62. The zero-order valence-electron chi connectivity index (χ0n) is 7.12. The van der Waals surface area contributed by atoms with E-state index < -0.39 is 5.97 Å². The summed E-state index contributed by atoms with van der Waals surface area (Å²) >= 11 is 0. The number of hydrogen-bond donors (Lipinski definition) is 1. The second kappa shape index (κ2) is 2.44. The normalized spacial score (nSPS) is 37.1. The second-order valence-corrected chi connectivity index (χ2v) is 4.09. The van der Waals surface area contributed by atoms with Gasteiger partial charge >= 0.3 is 5.97 Å². The molecule has 4 nitrogen and oxygen atoms in total. The largest absolute Gasteiger partial charge is 0.480 e. The minimum atomic E-state index is -0.696. The van der Waals surface area contributed by atoms with Gasteiger partial charge in [-0.15, -0.1) is 0 Å². The minimum Gasteiger partial charge on any atom is -0.480 e. The molecule has 0 saturated carbocycles. The highest BCUT2D eigenvalue weighted by molar-refractivity contribution is 5.76. The number of carboxylic acids is 1. The first-order chi connectivity index (χ1) is 5.61. The standard InChI is InChI=1S/C8H13NO3/c1-8(4-12-5-8)3-9-2-6(9)7(10)11/h6H,2-5H2,1H3,(H,10,11)/t6-,9?/m0/s1. The molecule has 0 spiro atoms. The van der Waals surface area contributed by atoms with E-state index in [1.807, 2.05) is 4.90 Å². The highest BCUT2D eigenvalue weighted by Gasteiger charge is 2.46. The average Bonchev–Trinajstić information content (AvgIpc) is 2.64. The number of rotatable bonds is 3. The van der Waals surface area contributed by atoms with Gasteiger partial charge in [0, 0.05) is 18.5 Å². The number of carbonyl (C=O) groups is 1. The fraction of sp³-hybridized carbons (Fsp3) is 0.875. The van der Waals surface area contributed by atoms with Gasteiger partial charge in [0.05, 0.1) is 13.2 Å². The van der Waals surface area contributed by atoms with Crippen molar-refractivity contribution in [1.29, 1.82) is 0 Å². The number of nitrogens with zero attached hydrogens (tertiary/aromatic N) is 1. The maximum Gasteiger partial charge on any atom is 0.322 e. The van der Waals surface area contributed by atoms with Crippen LogP contribution in [-0.2, 0) is 9.53 Å². The Morgan fingerprint density at radius 3 is 2.75 bits per heavy atom. The summed E-state index contributed by atoms with van der Waals surface area (Å²) in [5.74, 6) is -0.696. The lowest BCUT2D eigenvalue weighted by Gasteiger charge is -2.38. The van der Waals surface area contributed by atoms with E-state index in [1.54, 1.807) is 0 Å². The van der Waals surface area contributed by atoms with Gasteiger partial charge in [-0.05, 0) is 0 Å². The van der Waals surface area contributed by atoms with Crippen LogP contribution in [0.25, 0.3) is 0 Å². The predicted octanol–water partition coefficient (Wildman–Crippen LogP) is -0.208. The molecule has 4 heteroatoms. The molecule has 1 unspecified atom stereocenters. The third kappa shape index (κ3) is 1.32. The van der Waals surface area contributed by atoms with E-state index in [0.717, 1.165) is 19.8 Å². The van der Waals surface area contributed by atoms with Crippen LogP contribution in [0.4, 0.5) is 0 Å². The predicted molar refractivity (Wildman–Crippen MR) is 41.9 cm³/mol. The molecule has 0 aromatic carbocycles. The highest BCUT2D eigenvalue weighted by Crippen LogP contribution is 2.32. The van der Waals surface area contributed by atoms with Crippen LogP contribution in [0.2, 0.25) is 0 Å². The molecule has 0 aromatic rings. The van der Waals surface area contributed by atoms with Gasteiger partial charge in [-0.3, -0.25) is 9.69 Å². The summed E-state index contributed by atoms with van der Waals surface area (Å²) in [6.45, 7) is 5.26. The van der Waals surface area contributed by atoms with Gasteiger partial charge in [0.15, 0.2) is 0 Å². The Labute approximate surface area is 71.1 Å². The Hall–Kier alpha value is -0.610. The summed E-state index contributed by atoms with van der Waals surface area (Å²) in [6, 6.07) is -0.220. The van der Waals surface area contributed by atoms with Crippen molar-refractivity contribution >= 4 is 5.97 Å². The molecule has 2 saturated heterocycles. The summed E-state index contributed by atoms with van der Waals surface area (Å²) in [7, 11) is 0. The van der Waals surface area contributed by atoms with Gasteiger partial charge < -0.3 is 9.84 Å². The molecule has 68 valence electrons. The molecule has 0 amide bonds. The van der Waals surface area contributed by atoms with Crippen LogP contribution in [-0.4, -0.2) is 48.3 Å². The number of ether oxygens (including phenoxy) is 1. The molecule has 2 rings (SSSR count). The van der Waals surface area contributed by atoms with Crippen LogP contribution in [0.5, 0.6) is 0 Å². The Morgan fingerprint density at radius 2 is 2.42 bits per heavy atom. The van der Waals surface area contributed by atoms with Crippen molar-refractivity contribution in [2.24, 2.45) is 5.41 Å². The first kappa shape index (κ1) is 8.01. The van der Waals surface area contributed by atoms with Gasteiger partial charge in [-0.2, -0.15) is 0 Å². The van der Waals surface area contributed by atoms with E-state index in [9.17, 15) is 4.79 Å². The molecule has 1 N–H and O–H groups in total. The molecule has 2 fully saturated rings. The molecule has 2 aliphatic heterocycles. The van der Waals surface area contributed by atoms with Crippen molar-refractivity contribution in [3.8, 4) is 0 Å². The van der Waals surface area contributed by atoms with E-state index >= 15 is 0 Å². The molecule has 0 bridgehead atoms. The molecule has 2 aliphatic rings. The maximum atomic E-state index is 10.5. The van der Waals surface area contributed by atoms with Gasteiger partial charge in [0.1, 0.15) is 6.04 Å². The molecule has 0 aliphatic carbocycles. The molecule has 0 aromatic heterocycles. The third-order valence-electron chi connectivity index (χ3n) is 2.49. The monoisotopic (exact) mass is 171 g/mol. The van der Waals surface area contributed by atoms with E-state index in [4.69, 9.17) is 9.84 Å². The van der Waals surface area contributed by atoms with Crippen molar-refractivity contribution in [2.75, 3.05) is 26.3 Å². The molecular formula is C8H13NO3. The molecule has 12 heavy (non-hydrogen) atoms. The SMILES string of the molecule is CC1(CN2C[C@H]2C(=O)O)COC1. The lowest BCUT2D eigenvalue weighted by atomic mass is 9.89. The third-order valence-corrected chi connectivity index (χ3v) is 2.49. The van der Waals surface area contributed by atoms with Crippen LogP contribution >= 0.6 is 0 Å². The van der Waals surface area contributed by atoms with Crippen LogP contribution in [0.3, 0.4) is 0 Å². The Balaban J connectivity index is 1.79. The van der Waals surface area contributed by atoms with E-state index in [2.05, 4.69) is 6.92 Å². The van der Waals surface area contributed by atoms with Crippen molar-refractivity contribution in [2.45, 2.75) is 13.0 Å². The van der Waals surface area contributed by atoms with Crippen LogP contribution < -0.4 is 0 Å². The zero-order valence-corrected chi connectivity index (χ0v) is 7.12. The summed E-state index contributed by atoms with van der Waals surface area (Å²) in [5.41, 5.74) is 0.213. The molecule has 2 heterocycles. The average molecular weight is 171 g/mol.